The summed E-state index contributed by atoms with van der Waals surface area (Å²) in [5, 5.41) is 0.716. The van der Waals surface area contributed by atoms with Crippen LogP contribution in [-0.4, -0.2) is 23.4 Å². The van der Waals surface area contributed by atoms with Crippen LogP contribution in [0.1, 0.15) is 17.5 Å². The van der Waals surface area contributed by atoms with Crippen molar-refractivity contribution in [2.45, 2.75) is 25.9 Å². The third kappa shape index (κ3) is 2.36. The van der Waals surface area contributed by atoms with Gasteiger partial charge in [0.25, 0.3) is 0 Å². The van der Waals surface area contributed by atoms with Gasteiger partial charge in [0.1, 0.15) is 0 Å². The van der Waals surface area contributed by atoms with Gasteiger partial charge in [-0.3, -0.25) is 4.79 Å². The molecule has 1 heterocycles. The van der Waals surface area contributed by atoms with Crippen LogP contribution >= 0.6 is 11.6 Å². The standard InChI is InChI=1S/C12H15ClN2O/c1-8-2-3-9(11(13)4-8)6-15-7-10(14)5-12(15)16/h2-4,10H,5-7,14H2,1H3. The SMILES string of the molecule is Cc1ccc(CN2CC(N)CC2=O)c(Cl)c1. The van der Waals surface area contributed by atoms with Crippen molar-refractivity contribution in [2.75, 3.05) is 6.54 Å². The average molecular weight is 239 g/mol. The fourth-order valence-electron chi connectivity index (χ4n) is 1.94. The monoisotopic (exact) mass is 238 g/mol. The first-order valence-corrected chi connectivity index (χ1v) is 5.72. The maximum Gasteiger partial charge on any atom is 0.224 e. The average Bonchev–Trinajstić information content (AvgIpc) is 2.50. The number of nitrogens with two attached hydrogens (primary N) is 1. The highest BCUT2D eigenvalue weighted by atomic mass is 35.5. The van der Waals surface area contributed by atoms with Gasteiger partial charge >= 0.3 is 0 Å². The quantitative estimate of drug-likeness (QED) is 0.853. The zero-order valence-electron chi connectivity index (χ0n) is 9.24. The van der Waals surface area contributed by atoms with E-state index in [1.54, 1.807) is 4.90 Å². The maximum absolute atomic E-state index is 11.6. The molecule has 1 amide bonds. The van der Waals surface area contributed by atoms with Crippen LogP contribution in [0, 0.1) is 6.92 Å². The minimum absolute atomic E-state index is 0.0308. The van der Waals surface area contributed by atoms with Crippen LogP contribution < -0.4 is 5.73 Å². The molecule has 1 aromatic rings. The molecule has 16 heavy (non-hydrogen) atoms. The summed E-state index contributed by atoms with van der Waals surface area (Å²) in [4.78, 5) is 13.3. The molecule has 2 N–H and O–H groups in total. The van der Waals surface area contributed by atoms with Gasteiger partial charge in [-0.25, -0.2) is 0 Å². The van der Waals surface area contributed by atoms with Gasteiger partial charge < -0.3 is 10.6 Å². The molecule has 86 valence electrons. The lowest BCUT2D eigenvalue weighted by Gasteiger charge is -2.17. The third-order valence-corrected chi connectivity index (χ3v) is 3.17. The van der Waals surface area contributed by atoms with Crippen molar-refractivity contribution in [3.05, 3.63) is 34.3 Å². The highest BCUT2D eigenvalue weighted by Gasteiger charge is 2.26. The molecule has 0 bridgehead atoms. The van der Waals surface area contributed by atoms with Crippen LogP contribution in [-0.2, 0) is 11.3 Å². The van der Waals surface area contributed by atoms with Crippen molar-refractivity contribution in [3.8, 4) is 0 Å². The van der Waals surface area contributed by atoms with Gasteiger partial charge in [-0.05, 0) is 24.1 Å². The van der Waals surface area contributed by atoms with Crippen molar-refractivity contribution in [3.63, 3.8) is 0 Å². The largest absolute Gasteiger partial charge is 0.337 e. The second kappa shape index (κ2) is 4.44. The zero-order chi connectivity index (χ0) is 11.7. The molecule has 1 atom stereocenters. The molecule has 1 aromatic carbocycles. The van der Waals surface area contributed by atoms with Crippen molar-refractivity contribution < 1.29 is 4.79 Å². The molecular formula is C12H15ClN2O. The summed E-state index contributed by atoms with van der Waals surface area (Å²) in [5.41, 5.74) is 7.84. The molecule has 2 rings (SSSR count). The van der Waals surface area contributed by atoms with Crippen molar-refractivity contribution in [1.29, 1.82) is 0 Å². The van der Waals surface area contributed by atoms with E-state index in [0.717, 1.165) is 11.1 Å². The Labute approximate surface area is 100 Å². The lowest BCUT2D eigenvalue weighted by Crippen LogP contribution is -2.27. The molecule has 1 fully saturated rings. The number of likely N-dealkylation sites (tertiary alicyclic amines) is 1. The third-order valence-electron chi connectivity index (χ3n) is 2.81. The lowest BCUT2D eigenvalue weighted by atomic mass is 10.1. The Morgan fingerprint density at radius 2 is 2.31 bits per heavy atom. The number of amides is 1. The van der Waals surface area contributed by atoms with Gasteiger partial charge in [-0.2, -0.15) is 0 Å². The Morgan fingerprint density at radius 3 is 2.88 bits per heavy atom. The predicted octanol–water partition coefficient (Wildman–Crippen LogP) is 1.71. The van der Waals surface area contributed by atoms with E-state index in [1.807, 2.05) is 25.1 Å². The minimum Gasteiger partial charge on any atom is -0.337 e. The fourth-order valence-corrected chi connectivity index (χ4v) is 2.24. The van der Waals surface area contributed by atoms with Gasteiger partial charge in [-0.15, -0.1) is 0 Å². The number of hydrogen-bond acceptors (Lipinski definition) is 2. The van der Waals surface area contributed by atoms with E-state index >= 15 is 0 Å². The predicted molar refractivity (Wildman–Crippen MR) is 64.2 cm³/mol. The molecular weight excluding hydrogens is 224 g/mol. The number of hydrogen-bond donors (Lipinski definition) is 1. The molecule has 0 aliphatic carbocycles. The van der Waals surface area contributed by atoms with E-state index in [0.29, 0.717) is 24.5 Å². The smallest absolute Gasteiger partial charge is 0.224 e. The number of rotatable bonds is 2. The normalized spacial score (nSPS) is 20.6. The summed E-state index contributed by atoms with van der Waals surface area (Å²) in [6.07, 6.45) is 0.448. The van der Waals surface area contributed by atoms with Crippen molar-refractivity contribution in [2.24, 2.45) is 5.73 Å². The van der Waals surface area contributed by atoms with Gasteiger partial charge in [0.05, 0.1) is 0 Å². The number of halogens is 1. The van der Waals surface area contributed by atoms with Crippen LogP contribution in [0.4, 0.5) is 0 Å². The van der Waals surface area contributed by atoms with E-state index in [9.17, 15) is 4.79 Å². The van der Waals surface area contributed by atoms with Gasteiger partial charge in [0, 0.05) is 30.6 Å². The van der Waals surface area contributed by atoms with Gasteiger partial charge in [0.2, 0.25) is 5.91 Å². The molecule has 0 aromatic heterocycles. The van der Waals surface area contributed by atoms with Gasteiger partial charge in [-0.1, -0.05) is 23.7 Å². The van der Waals surface area contributed by atoms with E-state index in [4.69, 9.17) is 17.3 Å². The van der Waals surface area contributed by atoms with Crippen molar-refractivity contribution in [1.82, 2.24) is 4.90 Å². The van der Waals surface area contributed by atoms with E-state index in [-0.39, 0.29) is 11.9 Å². The topological polar surface area (TPSA) is 46.3 Å². The molecule has 4 heteroatoms. The van der Waals surface area contributed by atoms with Crippen LogP contribution in [0.3, 0.4) is 0 Å². The second-order valence-electron chi connectivity index (χ2n) is 4.33. The van der Waals surface area contributed by atoms with Gasteiger partial charge in [0.15, 0.2) is 0 Å². The lowest BCUT2D eigenvalue weighted by molar-refractivity contribution is -0.128. The summed E-state index contributed by atoms with van der Waals surface area (Å²) < 4.78 is 0. The Bertz CT molecular complexity index is 419. The zero-order valence-corrected chi connectivity index (χ0v) is 10.00. The van der Waals surface area contributed by atoms with Crippen LogP contribution in [0.15, 0.2) is 18.2 Å². The van der Waals surface area contributed by atoms with Crippen molar-refractivity contribution >= 4 is 17.5 Å². The summed E-state index contributed by atoms with van der Waals surface area (Å²) >= 11 is 6.12. The molecule has 0 radical (unpaired) electrons. The maximum atomic E-state index is 11.6. The van der Waals surface area contributed by atoms with Crippen LogP contribution in [0.5, 0.6) is 0 Å². The second-order valence-corrected chi connectivity index (χ2v) is 4.74. The fraction of sp³-hybridized carbons (Fsp3) is 0.417. The number of carbonyl (C=O) groups is 1. The summed E-state index contributed by atoms with van der Waals surface area (Å²) in [7, 11) is 0. The van der Waals surface area contributed by atoms with E-state index in [1.165, 1.54) is 0 Å². The Morgan fingerprint density at radius 1 is 1.56 bits per heavy atom. The van der Waals surface area contributed by atoms with Crippen LogP contribution in [0.25, 0.3) is 0 Å². The van der Waals surface area contributed by atoms with Crippen LogP contribution in [0.2, 0.25) is 5.02 Å². The molecule has 1 aliphatic rings. The molecule has 1 saturated heterocycles. The minimum atomic E-state index is -0.0308. The molecule has 1 unspecified atom stereocenters. The van der Waals surface area contributed by atoms with E-state index < -0.39 is 0 Å². The molecule has 3 nitrogen and oxygen atoms in total. The van der Waals surface area contributed by atoms with E-state index in [2.05, 4.69) is 0 Å². The number of aryl methyl sites for hydroxylation is 1. The highest BCUT2D eigenvalue weighted by molar-refractivity contribution is 6.31. The molecule has 0 saturated carbocycles. The summed E-state index contributed by atoms with van der Waals surface area (Å²) in [5.74, 6) is 0.115. The first-order valence-electron chi connectivity index (χ1n) is 5.34. The Hall–Kier alpha value is -1.06. The number of carbonyl (C=O) groups excluding carboxylic acids is 1. The molecule has 1 aliphatic heterocycles. The number of benzene rings is 1. The first kappa shape index (κ1) is 11.4. The summed E-state index contributed by atoms with van der Waals surface area (Å²) in [6, 6.07) is 5.85. The Kier molecular flexibility index (Phi) is 3.17. The highest BCUT2D eigenvalue weighted by Crippen LogP contribution is 2.21. The molecule has 0 spiro atoms. The Balaban J connectivity index is 2.12. The number of nitrogens with zero attached hydrogens (tertiary/aromatic N) is 1. The first-order chi connectivity index (χ1) is 7.56. The summed E-state index contributed by atoms with van der Waals surface area (Å²) in [6.45, 7) is 3.18.